The van der Waals surface area contributed by atoms with Crippen molar-refractivity contribution in [2.75, 3.05) is 6.54 Å². The molecule has 2 fully saturated rings. The van der Waals surface area contributed by atoms with Crippen molar-refractivity contribution in [1.82, 2.24) is 10.3 Å². The number of Topliss-reactive ketones (excluding diaryl/α,β-unsaturated/α-hetero) is 1. The SMILES string of the molecule is O=C(Cc1nc2ccc(Oc3ccccc3)cc2s1)c1cccc(C2CC2NCC2CC2)c1. The van der Waals surface area contributed by atoms with E-state index in [4.69, 9.17) is 4.74 Å². The molecular weight excluding hydrogens is 428 g/mol. The lowest BCUT2D eigenvalue weighted by Crippen LogP contribution is -2.20. The Bertz CT molecular complexity index is 1300. The van der Waals surface area contributed by atoms with E-state index in [1.807, 2.05) is 60.7 Å². The number of carbonyl (C=O) groups is 1. The van der Waals surface area contributed by atoms with Gasteiger partial charge in [-0.2, -0.15) is 0 Å². The number of ketones is 1. The summed E-state index contributed by atoms with van der Waals surface area (Å²) >= 11 is 1.56. The van der Waals surface area contributed by atoms with E-state index in [0.717, 1.165) is 44.7 Å². The van der Waals surface area contributed by atoms with Crippen molar-refractivity contribution in [1.29, 1.82) is 0 Å². The molecule has 2 aliphatic rings. The zero-order valence-electron chi connectivity index (χ0n) is 18.4. The molecular formula is C28H26N2O2S. The number of benzene rings is 3. The third kappa shape index (κ3) is 4.85. The highest BCUT2D eigenvalue weighted by Gasteiger charge is 2.39. The van der Waals surface area contributed by atoms with Crippen LogP contribution in [0.5, 0.6) is 11.5 Å². The van der Waals surface area contributed by atoms with Crippen LogP contribution >= 0.6 is 11.3 Å². The Labute approximate surface area is 197 Å². The summed E-state index contributed by atoms with van der Waals surface area (Å²) in [5.74, 6) is 3.14. The summed E-state index contributed by atoms with van der Waals surface area (Å²) in [4.78, 5) is 17.7. The Hall–Kier alpha value is -3.02. The molecule has 1 N–H and O–H groups in total. The van der Waals surface area contributed by atoms with Crippen molar-refractivity contribution in [3.05, 3.63) is 88.9 Å². The quantitative estimate of drug-likeness (QED) is 0.299. The van der Waals surface area contributed by atoms with Gasteiger partial charge in [0.25, 0.3) is 0 Å². The first-order valence-corrected chi connectivity index (χ1v) is 12.5. The molecule has 0 saturated heterocycles. The fourth-order valence-electron chi connectivity index (χ4n) is 4.33. The molecule has 0 bridgehead atoms. The maximum Gasteiger partial charge on any atom is 0.169 e. The number of para-hydroxylation sites is 1. The van der Waals surface area contributed by atoms with Gasteiger partial charge in [0.2, 0.25) is 0 Å². The van der Waals surface area contributed by atoms with Gasteiger partial charge in [-0.25, -0.2) is 4.98 Å². The average molecular weight is 455 g/mol. The summed E-state index contributed by atoms with van der Waals surface area (Å²) in [6, 6.07) is 24.4. The van der Waals surface area contributed by atoms with Crippen LogP contribution in [0.4, 0.5) is 0 Å². The van der Waals surface area contributed by atoms with E-state index in [9.17, 15) is 4.79 Å². The Kier molecular flexibility index (Phi) is 5.44. The largest absolute Gasteiger partial charge is 0.457 e. The van der Waals surface area contributed by atoms with Gasteiger partial charge in [-0.15, -0.1) is 11.3 Å². The Morgan fingerprint density at radius 3 is 2.73 bits per heavy atom. The van der Waals surface area contributed by atoms with Crippen LogP contribution in [-0.4, -0.2) is 23.4 Å². The van der Waals surface area contributed by atoms with Gasteiger partial charge < -0.3 is 10.1 Å². The highest BCUT2D eigenvalue weighted by atomic mass is 32.1. The molecule has 2 atom stereocenters. The number of fused-ring (bicyclic) bond motifs is 1. The second-order valence-corrected chi connectivity index (χ2v) is 10.3. The lowest BCUT2D eigenvalue weighted by molar-refractivity contribution is 0.0993. The number of thiazole rings is 1. The van der Waals surface area contributed by atoms with Crippen LogP contribution < -0.4 is 10.1 Å². The number of nitrogens with one attached hydrogen (secondary N) is 1. The molecule has 1 aromatic heterocycles. The van der Waals surface area contributed by atoms with Gasteiger partial charge in [-0.1, -0.05) is 36.4 Å². The Morgan fingerprint density at radius 2 is 1.88 bits per heavy atom. The third-order valence-corrected chi connectivity index (χ3v) is 7.51. The van der Waals surface area contributed by atoms with Crippen molar-refractivity contribution in [3.63, 3.8) is 0 Å². The van der Waals surface area contributed by atoms with Crippen molar-refractivity contribution in [2.24, 2.45) is 5.92 Å². The number of ether oxygens (including phenoxy) is 1. The molecule has 4 aromatic rings. The highest BCUT2D eigenvalue weighted by molar-refractivity contribution is 7.18. The van der Waals surface area contributed by atoms with E-state index >= 15 is 0 Å². The third-order valence-electron chi connectivity index (χ3n) is 6.49. The summed E-state index contributed by atoms with van der Waals surface area (Å²) in [7, 11) is 0. The molecule has 0 amide bonds. The van der Waals surface area contributed by atoms with E-state index in [2.05, 4.69) is 22.4 Å². The fourth-order valence-corrected chi connectivity index (χ4v) is 5.32. The number of aromatic nitrogens is 1. The van der Waals surface area contributed by atoms with Gasteiger partial charge in [0.15, 0.2) is 5.78 Å². The predicted octanol–water partition coefficient (Wildman–Crippen LogP) is 6.37. The topological polar surface area (TPSA) is 51.2 Å². The minimum absolute atomic E-state index is 0.125. The van der Waals surface area contributed by atoms with E-state index in [1.165, 1.54) is 24.8 Å². The summed E-state index contributed by atoms with van der Waals surface area (Å²) in [6.07, 6.45) is 4.25. The summed E-state index contributed by atoms with van der Waals surface area (Å²) in [6.45, 7) is 1.15. The predicted molar refractivity (Wildman–Crippen MR) is 132 cm³/mol. The molecule has 0 radical (unpaired) electrons. The van der Waals surface area contributed by atoms with E-state index in [0.29, 0.717) is 18.4 Å². The van der Waals surface area contributed by atoms with E-state index in [-0.39, 0.29) is 5.78 Å². The molecule has 2 aliphatic carbocycles. The van der Waals surface area contributed by atoms with Crippen LogP contribution in [0.25, 0.3) is 10.2 Å². The van der Waals surface area contributed by atoms with Gasteiger partial charge >= 0.3 is 0 Å². The average Bonchev–Trinajstić information content (AvgIpc) is 3.75. The van der Waals surface area contributed by atoms with Crippen molar-refractivity contribution in [2.45, 2.75) is 37.6 Å². The molecule has 6 rings (SSSR count). The first kappa shape index (κ1) is 20.6. The van der Waals surface area contributed by atoms with Gasteiger partial charge in [-0.3, -0.25) is 4.79 Å². The van der Waals surface area contributed by atoms with Crippen LogP contribution in [0.3, 0.4) is 0 Å². The number of hydrogen-bond acceptors (Lipinski definition) is 5. The van der Waals surface area contributed by atoms with Crippen LogP contribution in [0.15, 0.2) is 72.8 Å². The minimum atomic E-state index is 0.125. The zero-order chi connectivity index (χ0) is 22.2. The first-order valence-electron chi connectivity index (χ1n) is 11.7. The van der Waals surface area contributed by atoms with Crippen LogP contribution in [0.2, 0.25) is 0 Å². The van der Waals surface area contributed by atoms with Crippen LogP contribution in [0.1, 0.15) is 46.1 Å². The summed E-state index contributed by atoms with van der Waals surface area (Å²) < 4.78 is 6.97. The van der Waals surface area contributed by atoms with Crippen molar-refractivity contribution >= 4 is 27.3 Å². The number of hydrogen-bond donors (Lipinski definition) is 1. The lowest BCUT2D eigenvalue weighted by atomic mass is 10.0. The van der Waals surface area contributed by atoms with Crippen molar-refractivity contribution in [3.8, 4) is 11.5 Å². The van der Waals surface area contributed by atoms with Crippen LogP contribution in [-0.2, 0) is 6.42 Å². The fraction of sp³-hybridized carbons (Fsp3) is 0.286. The number of nitrogens with zero attached hydrogens (tertiary/aromatic N) is 1. The standard InChI is InChI=1S/C28H26N2O2S/c31-26(20-6-4-5-19(13-20)23-15-25(23)29-17-18-9-10-18)16-28-30-24-12-11-22(14-27(24)33-28)32-21-7-2-1-3-8-21/h1-8,11-14,18,23,25,29H,9-10,15-17H2. The van der Waals surface area contributed by atoms with Crippen molar-refractivity contribution < 1.29 is 9.53 Å². The maximum atomic E-state index is 13.0. The zero-order valence-corrected chi connectivity index (χ0v) is 19.2. The molecule has 0 spiro atoms. The van der Waals surface area contributed by atoms with E-state index < -0.39 is 0 Å². The molecule has 2 unspecified atom stereocenters. The monoisotopic (exact) mass is 454 g/mol. The van der Waals surface area contributed by atoms with E-state index in [1.54, 1.807) is 11.3 Å². The Balaban J connectivity index is 1.12. The lowest BCUT2D eigenvalue weighted by Gasteiger charge is -2.05. The highest BCUT2D eigenvalue weighted by Crippen LogP contribution is 2.42. The number of rotatable bonds is 9. The van der Waals surface area contributed by atoms with Gasteiger partial charge in [0, 0.05) is 23.6 Å². The summed E-state index contributed by atoms with van der Waals surface area (Å²) in [5, 5.41) is 4.53. The number of carbonyl (C=O) groups excluding carboxylic acids is 1. The molecule has 166 valence electrons. The smallest absolute Gasteiger partial charge is 0.169 e. The van der Waals surface area contributed by atoms with Gasteiger partial charge in [0.1, 0.15) is 16.5 Å². The van der Waals surface area contributed by atoms with Crippen LogP contribution in [0, 0.1) is 5.92 Å². The summed E-state index contributed by atoms with van der Waals surface area (Å²) in [5.41, 5.74) is 2.97. The molecule has 0 aliphatic heterocycles. The molecule has 4 nitrogen and oxygen atoms in total. The first-order chi connectivity index (χ1) is 16.2. The van der Waals surface area contributed by atoms with Gasteiger partial charge in [-0.05, 0) is 67.6 Å². The normalized spacial score (nSPS) is 19.5. The second kappa shape index (κ2) is 8.73. The molecule has 33 heavy (non-hydrogen) atoms. The maximum absolute atomic E-state index is 13.0. The molecule has 3 aromatic carbocycles. The Morgan fingerprint density at radius 1 is 1.00 bits per heavy atom. The van der Waals surface area contributed by atoms with Gasteiger partial charge in [0.05, 0.1) is 16.6 Å². The molecule has 1 heterocycles. The molecule has 5 heteroatoms. The molecule has 2 saturated carbocycles. The second-order valence-electron chi connectivity index (χ2n) is 9.18. The minimum Gasteiger partial charge on any atom is -0.457 e.